The Labute approximate surface area is 98.4 Å². The van der Waals surface area contributed by atoms with Crippen molar-refractivity contribution in [1.82, 2.24) is 0 Å². The fourth-order valence-corrected chi connectivity index (χ4v) is 1.46. The molecular formula is C11H12N2O4. The largest absolute Gasteiger partial charge is 0.493 e. The molecule has 90 valence electrons. The molecule has 1 heterocycles. The molecule has 0 aliphatic carbocycles. The van der Waals surface area contributed by atoms with Crippen LogP contribution in [0.1, 0.15) is 0 Å². The number of hydrogen-bond acceptors (Lipinski definition) is 5. The predicted molar refractivity (Wildman–Crippen MR) is 61.9 cm³/mol. The molecule has 0 atom stereocenters. The van der Waals surface area contributed by atoms with E-state index in [0.29, 0.717) is 17.2 Å². The summed E-state index contributed by atoms with van der Waals surface area (Å²) in [6.45, 7) is 0.197. The summed E-state index contributed by atoms with van der Waals surface area (Å²) in [5.74, 6) is 1.11. The minimum absolute atomic E-state index is 0.197. The normalized spacial score (nSPS) is 14.5. The lowest BCUT2D eigenvalue weighted by Crippen LogP contribution is -2.31. The van der Waals surface area contributed by atoms with Gasteiger partial charge >= 0.3 is 6.09 Å². The van der Waals surface area contributed by atoms with Crippen molar-refractivity contribution in [2.75, 3.05) is 25.8 Å². The molecule has 1 amide bonds. The second kappa shape index (κ2) is 4.73. The van der Waals surface area contributed by atoms with Gasteiger partial charge in [0, 0.05) is 6.07 Å². The average Bonchev–Trinajstić information content (AvgIpc) is 2.38. The Bertz CT molecular complexity index is 459. The van der Waals surface area contributed by atoms with Gasteiger partial charge in [0.1, 0.15) is 6.61 Å². The van der Waals surface area contributed by atoms with Gasteiger partial charge < -0.3 is 14.2 Å². The summed E-state index contributed by atoms with van der Waals surface area (Å²) in [4.78, 5) is 11.5. The Morgan fingerprint density at radius 3 is 2.71 bits per heavy atom. The van der Waals surface area contributed by atoms with E-state index in [4.69, 9.17) is 14.2 Å². The van der Waals surface area contributed by atoms with E-state index < -0.39 is 6.09 Å². The van der Waals surface area contributed by atoms with Crippen molar-refractivity contribution >= 4 is 18.0 Å². The summed E-state index contributed by atoms with van der Waals surface area (Å²) in [5, 5.41) is 5.11. The zero-order valence-corrected chi connectivity index (χ0v) is 9.54. The number of hydrazone groups is 1. The topological polar surface area (TPSA) is 60.4 Å². The number of nitrogens with zero attached hydrogens (tertiary/aromatic N) is 2. The number of cyclic esters (lactones) is 1. The van der Waals surface area contributed by atoms with Crippen LogP contribution in [0, 0.1) is 0 Å². The summed E-state index contributed by atoms with van der Waals surface area (Å²) in [5.41, 5.74) is 0.559. The molecule has 0 unspecified atom stereocenters. The lowest BCUT2D eigenvalue weighted by molar-refractivity contribution is 0.167. The SMILES string of the molecule is COc1ccc(N2N=CCOC2=O)cc1OC. The minimum atomic E-state index is -0.514. The molecule has 0 saturated heterocycles. The fraction of sp³-hybridized carbons (Fsp3) is 0.273. The number of benzene rings is 1. The number of methoxy groups -OCH3 is 2. The molecule has 0 spiro atoms. The van der Waals surface area contributed by atoms with E-state index in [9.17, 15) is 4.79 Å². The fourth-order valence-electron chi connectivity index (χ4n) is 1.46. The molecule has 0 radical (unpaired) electrons. The summed E-state index contributed by atoms with van der Waals surface area (Å²) in [7, 11) is 3.07. The van der Waals surface area contributed by atoms with Gasteiger partial charge in [0.05, 0.1) is 26.1 Å². The molecule has 2 rings (SSSR count). The maximum absolute atomic E-state index is 11.5. The maximum atomic E-state index is 11.5. The van der Waals surface area contributed by atoms with Gasteiger partial charge in [0.15, 0.2) is 11.5 Å². The second-order valence-corrected chi connectivity index (χ2v) is 3.23. The van der Waals surface area contributed by atoms with Crippen LogP contribution in [0.2, 0.25) is 0 Å². The molecule has 1 aliphatic rings. The molecule has 17 heavy (non-hydrogen) atoms. The van der Waals surface area contributed by atoms with E-state index in [2.05, 4.69) is 5.10 Å². The molecule has 0 bridgehead atoms. The van der Waals surface area contributed by atoms with Gasteiger partial charge in [-0.3, -0.25) is 0 Å². The molecule has 1 aromatic carbocycles. The highest BCUT2D eigenvalue weighted by atomic mass is 16.6. The molecule has 6 nitrogen and oxygen atoms in total. The number of ether oxygens (including phenoxy) is 3. The van der Waals surface area contributed by atoms with Gasteiger partial charge in [0.25, 0.3) is 0 Å². The van der Waals surface area contributed by atoms with Crippen LogP contribution in [0.5, 0.6) is 11.5 Å². The smallest absolute Gasteiger partial charge is 0.435 e. The van der Waals surface area contributed by atoms with Crippen LogP contribution in [-0.4, -0.2) is 33.1 Å². The monoisotopic (exact) mass is 236 g/mol. The molecule has 1 aliphatic heterocycles. The summed E-state index contributed by atoms with van der Waals surface area (Å²) in [6, 6.07) is 5.06. The molecule has 0 aromatic heterocycles. The van der Waals surface area contributed by atoms with Crippen molar-refractivity contribution in [2.45, 2.75) is 0 Å². The first-order valence-electron chi connectivity index (χ1n) is 4.97. The van der Waals surface area contributed by atoms with Gasteiger partial charge in [-0.05, 0) is 12.1 Å². The molecular weight excluding hydrogens is 224 g/mol. The van der Waals surface area contributed by atoms with E-state index in [-0.39, 0.29) is 6.61 Å². The summed E-state index contributed by atoms with van der Waals surface area (Å²) < 4.78 is 15.1. The van der Waals surface area contributed by atoms with Gasteiger partial charge in [0.2, 0.25) is 0 Å². The van der Waals surface area contributed by atoms with Crippen molar-refractivity contribution < 1.29 is 19.0 Å². The van der Waals surface area contributed by atoms with Crippen molar-refractivity contribution in [3.63, 3.8) is 0 Å². The third kappa shape index (κ3) is 2.15. The Morgan fingerprint density at radius 2 is 2.06 bits per heavy atom. The molecule has 1 aromatic rings. The van der Waals surface area contributed by atoms with Gasteiger partial charge in [-0.1, -0.05) is 0 Å². The average molecular weight is 236 g/mol. The summed E-state index contributed by atoms with van der Waals surface area (Å²) >= 11 is 0. The van der Waals surface area contributed by atoms with Crippen LogP contribution >= 0.6 is 0 Å². The lowest BCUT2D eigenvalue weighted by atomic mass is 10.2. The number of carbonyl (C=O) groups is 1. The van der Waals surface area contributed by atoms with Crippen LogP contribution in [0.25, 0.3) is 0 Å². The zero-order valence-electron chi connectivity index (χ0n) is 9.54. The quantitative estimate of drug-likeness (QED) is 0.800. The highest BCUT2D eigenvalue weighted by molar-refractivity contribution is 5.91. The predicted octanol–water partition coefficient (Wildman–Crippen LogP) is 1.65. The second-order valence-electron chi connectivity index (χ2n) is 3.23. The minimum Gasteiger partial charge on any atom is -0.493 e. The third-order valence-electron chi connectivity index (χ3n) is 2.26. The van der Waals surface area contributed by atoms with E-state index in [1.165, 1.54) is 13.3 Å². The van der Waals surface area contributed by atoms with Crippen LogP contribution in [-0.2, 0) is 4.74 Å². The Kier molecular flexibility index (Phi) is 3.13. The molecule has 0 N–H and O–H groups in total. The van der Waals surface area contributed by atoms with Crippen LogP contribution in [0.15, 0.2) is 23.3 Å². The Balaban J connectivity index is 2.35. The van der Waals surface area contributed by atoms with E-state index in [1.54, 1.807) is 25.3 Å². The first kappa shape index (κ1) is 11.3. The molecule has 0 fully saturated rings. The van der Waals surface area contributed by atoms with Crippen molar-refractivity contribution in [3.05, 3.63) is 18.2 Å². The van der Waals surface area contributed by atoms with Crippen LogP contribution in [0.3, 0.4) is 0 Å². The molecule has 0 saturated carbocycles. The van der Waals surface area contributed by atoms with E-state index >= 15 is 0 Å². The Hall–Kier alpha value is -2.24. The standard InChI is InChI=1S/C11H12N2O4/c1-15-9-4-3-8(7-10(9)16-2)13-11(14)17-6-5-12-13/h3-5,7H,6H2,1-2H3. The first-order valence-corrected chi connectivity index (χ1v) is 4.97. The maximum Gasteiger partial charge on any atom is 0.435 e. The van der Waals surface area contributed by atoms with Crippen molar-refractivity contribution in [2.24, 2.45) is 5.10 Å². The van der Waals surface area contributed by atoms with Crippen molar-refractivity contribution in [1.29, 1.82) is 0 Å². The number of amides is 1. The van der Waals surface area contributed by atoms with E-state index in [0.717, 1.165) is 5.01 Å². The number of hydrogen-bond donors (Lipinski definition) is 0. The van der Waals surface area contributed by atoms with Gasteiger partial charge in [-0.2, -0.15) is 10.1 Å². The van der Waals surface area contributed by atoms with Crippen LogP contribution < -0.4 is 14.5 Å². The highest BCUT2D eigenvalue weighted by Crippen LogP contribution is 2.32. The third-order valence-corrected chi connectivity index (χ3v) is 2.26. The van der Waals surface area contributed by atoms with Crippen molar-refractivity contribution in [3.8, 4) is 11.5 Å². The van der Waals surface area contributed by atoms with E-state index in [1.807, 2.05) is 0 Å². The first-order chi connectivity index (χ1) is 8.26. The molecule has 6 heteroatoms. The van der Waals surface area contributed by atoms with Gasteiger partial charge in [-0.15, -0.1) is 0 Å². The number of carbonyl (C=O) groups excluding carboxylic acids is 1. The number of rotatable bonds is 3. The zero-order chi connectivity index (χ0) is 12.3. The number of anilines is 1. The summed E-state index contributed by atoms with van der Waals surface area (Å²) in [6.07, 6.45) is 0.998. The Morgan fingerprint density at radius 1 is 1.29 bits per heavy atom. The highest BCUT2D eigenvalue weighted by Gasteiger charge is 2.20. The van der Waals surface area contributed by atoms with Gasteiger partial charge in [-0.25, -0.2) is 4.79 Å². The lowest BCUT2D eigenvalue weighted by Gasteiger charge is -2.20. The van der Waals surface area contributed by atoms with Crippen LogP contribution in [0.4, 0.5) is 10.5 Å².